The van der Waals surface area contributed by atoms with Gasteiger partial charge in [-0.2, -0.15) is 0 Å². The molecule has 1 heterocycles. The van der Waals surface area contributed by atoms with Gasteiger partial charge in [-0.05, 0) is 37.2 Å². The van der Waals surface area contributed by atoms with Crippen LogP contribution in [0.2, 0.25) is 0 Å². The van der Waals surface area contributed by atoms with Gasteiger partial charge < -0.3 is 9.73 Å². The Morgan fingerprint density at radius 3 is 2.60 bits per heavy atom. The summed E-state index contributed by atoms with van der Waals surface area (Å²) < 4.78 is 31.1. The van der Waals surface area contributed by atoms with Gasteiger partial charge in [0, 0.05) is 0 Å². The van der Waals surface area contributed by atoms with Crippen molar-refractivity contribution in [1.29, 1.82) is 0 Å². The number of benzene rings is 1. The first kappa shape index (κ1) is 14.1. The first-order valence-corrected chi connectivity index (χ1v) is 5.86. The van der Waals surface area contributed by atoms with Crippen LogP contribution < -0.4 is 5.32 Å². The Bertz CT molecular complexity index is 628. The van der Waals surface area contributed by atoms with Crippen molar-refractivity contribution >= 4 is 5.88 Å². The van der Waals surface area contributed by atoms with Crippen LogP contribution in [-0.2, 0) is 6.42 Å². The molecule has 0 bridgehead atoms. The molecule has 2 rings (SSSR count). The van der Waals surface area contributed by atoms with E-state index >= 15 is 0 Å². The van der Waals surface area contributed by atoms with Crippen molar-refractivity contribution in [2.24, 2.45) is 0 Å². The number of halogens is 2. The molecule has 106 valence electrons. The van der Waals surface area contributed by atoms with Crippen LogP contribution in [0.3, 0.4) is 0 Å². The Balaban J connectivity index is 2.19. The van der Waals surface area contributed by atoms with Crippen LogP contribution in [0.4, 0.5) is 14.7 Å². The third-order valence-corrected chi connectivity index (χ3v) is 2.91. The van der Waals surface area contributed by atoms with Gasteiger partial charge in [0.05, 0.1) is 12.1 Å². The zero-order chi connectivity index (χ0) is 14.7. The fourth-order valence-corrected chi connectivity index (χ4v) is 1.87. The monoisotopic (exact) mass is 282 g/mol. The molecule has 0 fully saturated rings. The van der Waals surface area contributed by atoms with Crippen molar-refractivity contribution in [3.05, 3.63) is 63.4 Å². The van der Waals surface area contributed by atoms with E-state index in [9.17, 15) is 18.9 Å². The molecule has 0 aliphatic carbocycles. The van der Waals surface area contributed by atoms with Crippen LogP contribution in [0.25, 0.3) is 0 Å². The zero-order valence-corrected chi connectivity index (χ0v) is 10.6. The standard InChI is InChI=1S/C13H12F2N2O3/c1-16-11(12-4-5-13(20-12)17(18)19)7-8-2-3-9(14)10(15)6-8/h2-6,11,16H,7H2,1H3. The summed E-state index contributed by atoms with van der Waals surface area (Å²) in [5.41, 5.74) is 0.558. The van der Waals surface area contributed by atoms with Crippen LogP contribution in [0.5, 0.6) is 0 Å². The molecule has 1 aromatic carbocycles. The second-order valence-corrected chi connectivity index (χ2v) is 4.23. The topological polar surface area (TPSA) is 68.3 Å². The largest absolute Gasteiger partial charge is 0.433 e. The molecule has 0 radical (unpaired) electrons. The van der Waals surface area contributed by atoms with Crippen molar-refractivity contribution in [2.75, 3.05) is 7.05 Å². The van der Waals surface area contributed by atoms with Gasteiger partial charge in [0.15, 0.2) is 11.6 Å². The molecule has 0 saturated carbocycles. The van der Waals surface area contributed by atoms with E-state index in [2.05, 4.69) is 5.32 Å². The van der Waals surface area contributed by atoms with Crippen molar-refractivity contribution in [1.82, 2.24) is 5.32 Å². The first-order valence-electron chi connectivity index (χ1n) is 5.86. The summed E-state index contributed by atoms with van der Waals surface area (Å²) >= 11 is 0. The molecule has 0 aliphatic rings. The lowest BCUT2D eigenvalue weighted by Crippen LogP contribution is -2.18. The van der Waals surface area contributed by atoms with Crippen molar-refractivity contribution in [3.63, 3.8) is 0 Å². The third kappa shape index (κ3) is 3.00. The van der Waals surface area contributed by atoms with E-state index in [1.165, 1.54) is 18.2 Å². The third-order valence-electron chi connectivity index (χ3n) is 2.91. The number of likely N-dealkylation sites (N-methyl/N-ethyl adjacent to an activating group) is 1. The highest BCUT2D eigenvalue weighted by Gasteiger charge is 2.19. The highest BCUT2D eigenvalue weighted by atomic mass is 19.2. The van der Waals surface area contributed by atoms with E-state index in [1.807, 2.05) is 0 Å². The minimum Gasteiger partial charge on any atom is -0.404 e. The summed E-state index contributed by atoms with van der Waals surface area (Å²) in [7, 11) is 1.65. The molecular formula is C13H12F2N2O3. The molecule has 5 nitrogen and oxygen atoms in total. The molecule has 0 saturated heterocycles. The van der Waals surface area contributed by atoms with Crippen molar-refractivity contribution in [3.8, 4) is 0 Å². The number of hydrogen-bond acceptors (Lipinski definition) is 4. The van der Waals surface area contributed by atoms with E-state index in [0.717, 1.165) is 12.1 Å². The van der Waals surface area contributed by atoms with E-state index in [1.54, 1.807) is 7.05 Å². The Morgan fingerprint density at radius 1 is 1.30 bits per heavy atom. The summed E-state index contributed by atoms with van der Waals surface area (Å²) in [5, 5.41) is 13.5. The highest BCUT2D eigenvalue weighted by molar-refractivity contribution is 5.24. The van der Waals surface area contributed by atoms with Gasteiger partial charge in [-0.3, -0.25) is 10.1 Å². The number of nitrogens with zero attached hydrogens (tertiary/aromatic N) is 1. The molecule has 1 unspecified atom stereocenters. The maximum absolute atomic E-state index is 13.1. The molecule has 0 aliphatic heterocycles. The van der Waals surface area contributed by atoms with Crippen molar-refractivity contribution < 1.29 is 18.1 Å². The summed E-state index contributed by atoms with van der Waals surface area (Å²) in [6.45, 7) is 0. The normalized spacial score (nSPS) is 12.3. The summed E-state index contributed by atoms with van der Waals surface area (Å²) in [6.07, 6.45) is 0.318. The fourth-order valence-electron chi connectivity index (χ4n) is 1.87. The van der Waals surface area contributed by atoms with E-state index < -0.39 is 16.6 Å². The Hall–Kier alpha value is -2.28. The van der Waals surface area contributed by atoms with Gasteiger partial charge >= 0.3 is 5.88 Å². The molecule has 1 N–H and O–H groups in total. The highest BCUT2D eigenvalue weighted by Crippen LogP contribution is 2.24. The molecule has 0 spiro atoms. The second-order valence-electron chi connectivity index (χ2n) is 4.23. The Labute approximate surface area is 113 Å². The second kappa shape index (κ2) is 5.79. The lowest BCUT2D eigenvalue weighted by Gasteiger charge is -2.13. The molecular weight excluding hydrogens is 270 g/mol. The van der Waals surface area contributed by atoms with E-state index in [-0.39, 0.29) is 11.9 Å². The number of nitro groups is 1. The van der Waals surface area contributed by atoms with Gasteiger partial charge in [0.25, 0.3) is 0 Å². The van der Waals surface area contributed by atoms with Crippen LogP contribution in [0.1, 0.15) is 17.4 Å². The van der Waals surface area contributed by atoms with Gasteiger partial charge in [-0.15, -0.1) is 0 Å². The van der Waals surface area contributed by atoms with Crippen LogP contribution in [-0.4, -0.2) is 12.0 Å². The molecule has 2 aromatic rings. The molecule has 1 atom stereocenters. The number of rotatable bonds is 5. The minimum atomic E-state index is -0.928. The number of nitrogens with one attached hydrogen (secondary N) is 1. The average Bonchev–Trinajstić information content (AvgIpc) is 2.89. The molecule has 0 amide bonds. The number of furan rings is 1. The van der Waals surface area contributed by atoms with Gasteiger partial charge in [0.2, 0.25) is 0 Å². The predicted molar refractivity (Wildman–Crippen MR) is 67.2 cm³/mol. The maximum Gasteiger partial charge on any atom is 0.433 e. The van der Waals surface area contributed by atoms with Crippen LogP contribution >= 0.6 is 0 Å². The quantitative estimate of drug-likeness (QED) is 0.676. The van der Waals surface area contributed by atoms with Gasteiger partial charge in [-0.25, -0.2) is 8.78 Å². The Morgan fingerprint density at radius 2 is 2.05 bits per heavy atom. The van der Waals surface area contributed by atoms with Crippen molar-refractivity contribution in [2.45, 2.75) is 12.5 Å². The Kier molecular flexibility index (Phi) is 4.09. The van der Waals surface area contributed by atoms with E-state index in [4.69, 9.17) is 4.42 Å². The maximum atomic E-state index is 13.1. The van der Waals surface area contributed by atoms with Crippen LogP contribution in [0.15, 0.2) is 34.7 Å². The van der Waals surface area contributed by atoms with Gasteiger partial charge in [0.1, 0.15) is 10.7 Å². The molecule has 20 heavy (non-hydrogen) atoms. The SMILES string of the molecule is CNC(Cc1ccc(F)c(F)c1)c1ccc([N+](=O)[O-])o1. The first-order chi connectivity index (χ1) is 9.51. The summed E-state index contributed by atoms with van der Waals surface area (Å²) in [6, 6.07) is 5.97. The molecule has 1 aromatic heterocycles. The number of hydrogen-bond donors (Lipinski definition) is 1. The van der Waals surface area contributed by atoms with Gasteiger partial charge in [-0.1, -0.05) is 6.07 Å². The zero-order valence-electron chi connectivity index (χ0n) is 10.6. The average molecular weight is 282 g/mol. The van der Waals surface area contributed by atoms with E-state index in [0.29, 0.717) is 17.7 Å². The molecule has 7 heteroatoms. The van der Waals surface area contributed by atoms with Crippen LogP contribution in [0, 0.1) is 21.7 Å². The predicted octanol–water partition coefficient (Wildman–Crippen LogP) is 2.97. The minimum absolute atomic E-state index is 0.318. The lowest BCUT2D eigenvalue weighted by atomic mass is 10.0. The summed E-state index contributed by atoms with van der Waals surface area (Å²) in [5.74, 6) is -1.83. The lowest BCUT2D eigenvalue weighted by molar-refractivity contribution is -0.402. The summed E-state index contributed by atoms with van der Waals surface area (Å²) in [4.78, 5) is 9.93. The fraction of sp³-hybridized carbons (Fsp3) is 0.231. The smallest absolute Gasteiger partial charge is 0.404 e.